The van der Waals surface area contributed by atoms with Gasteiger partial charge in [-0.15, -0.1) is 0 Å². The van der Waals surface area contributed by atoms with Gasteiger partial charge in [-0.05, 0) is 47.4 Å². The molecule has 0 saturated heterocycles. The van der Waals surface area contributed by atoms with E-state index in [1.807, 2.05) is 6.08 Å². The maximum absolute atomic E-state index is 10.3. The molecule has 1 unspecified atom stereocenters. The Balaban J connectivity index is 2.29. The average molecular weight is 214 g/mol. The fraction of sp³-hybridized carbons (Fsp3) is 0.400. The topological polar surface area (TPSA) is 17.1 Å². The summed E-state index contributed by atoms with van der Waals surface area (Å²) >= 11 is 0. The molecule has 1 nitrogen and oxygen atoms in total. The molecule has 0 spiro atoms. The van der Waals surface area contributed by atoms with Gasteiger partial charge in [-0.2, -0.15) is 0 Å². The molecule has 0 aliphatic heterocycles. The monoisotopic (exact) mass is 214 g/mol. The van der Waals surface area contributed by atoms with Gasteiger partial charge in [0.2, 0.25) is 0 Å². The van der Waals surface area contributed by atoms with Crippen molar-refractivity contribution in [2.24, 2.45) is 5.92 Å². The van der Waals surface area contributed by atoms with Crippen molar-refractivity contribution in [2.45, 2.75) is 32.6 Å². The number of allylic oxidation sites excluding steroid dienone is 1. The summed E-state index contributed by atoms with van der Waals surface area (Å²) in [5.74, 6) is 1.44. The lowest BCUT2D eigenvalue weighted by Gasteiger charge is -2.15. The first-order chi connectivity index (χ1) is 7.72. The summed E-state index contributed by atoms with van der Waals surface area (Å²) < 4.78 is 0. The van der Waals surface area contributed by atoms with E-state index in [0.29, 0.717) is 0 Å². The van der Waals surface area contributed by atoms with Gasteiger partial charge in [0.05, 0.1) is 0 Å². The fourth-order valence-electron chi connectivity index (χ4n) is 2.62. The predicted octanol–water partition coefficient (Wildman–Crippen LogP) is 3.58. The van der Waals surface area contributed by atoms with Crippen LogP contribution in [0.5, 0.6) is 0 Å². The van der Waals surface area contributed by atoms with Crippen molar-refractivity contribution < 1.29 is 4.79 Å². The number of carbonyl (C=O) groups is 1. The molecule has 0 radical (unpaired) electrons. The standard InChI is InChI=1S/C15H18O/c1-11(2)14-8-6-13-10-12(4-3-9-16)5-7-15(13)14/h3-5,7,9-11,14H,6,8H2,1-2H3. The molecular formula is C15H18O. The Labute approximate surface area is 97.2 Å². The highest BCUT2D eigenvalue weighted by molar-refractivity contribution is 5.74. The van der Waals surface area contributed by atoms with Crippen LogP contribution in [0.3, 0.4) is 0 Å². The third-order valence-corrected chi connectivity index (χ3v) is 3.46. The SMILES string of the molecule is CC(C)C1CCc2cc(C=CC=O)ccc21. The van der Waals surface area contributed by atoms with Crippen molar-refractivity contribution >= 4 is 12.4 Å². The molecule has 1 heteroatoms. The van der Waals surface area contributed by atoms with Crippen LogP contribution in [0.1, 0.15) is 42.9 Å². The van der Waals surface area contributed by atoms with E-state index in [9.17, 15) is 4.79 Å². The first-order valence-electron chi connectivity index (χ1n) is 5.97. The van der Waals surface area contributed by atoms with E-state index in [-0.39, 0.29) is 0 Å². The molecule has 0 aromatic heterocycles. The van der Waals surface area contributed by atoms with Crippen LogP contribution in [0.15, 0.2) is 24.3 Å². The molecule has 0 N–H and O–H groups in total. The lowest BCUT2D eigenvalue weighted by molar-refractivity contribution is -0.104. The number of aldehydes is 1. The summed E-state index contributed by atoms with van der Waals surface area (Å²) in [6.07, 6.45) is 6.70. The van der Waals surface area contributed by atoms with Crippen LogP contribution in [0.4, 0.5) is 0 Å². The minimum absolute atomic E-state index is 0.720. The van der Waals surface area contributed by atoms with Crippen molar-refractivity contribution in [3.8, 4) is 0 Å². The van der Waals surface area contributed by atoms with Crippen molar-refractivity contribution in [2.75, 3.05) is 0 Å². The van der Waals surface area contributed by atoms with Crippen LogP contribution < -0.4 is 0 Å². The Kier molecular flexibility index (Phi) is 3.23. The molecule has 1 atom stereocenters. The predicted molar refractivity (Wildman–Crippen MR) is 67.4 cm³/mol. The van der Waals surface area contributed by atoms with Crippen LogP contribution in [0.25, 0.3) is 6.08 Å². The van der Waals surface area contributed by atoms with Gasteiger partial charge in [-0.3, -0.25) is 4.79 Å². The molecule has 84 valence electrons. The highest BCUT2D eigenvalue weighted by Crippen LogP contribution is 2.38. The average Bonchev–Trinajstić information content (AvgIpc) is 2.69. The smallest absolute Gasteiger partial charge is 0.142 e. The van der Waals surface area contributed by atoms with Crippen LogP contribution in [-0.4, -0.2) is 6.29 Å². The summed E-state index contributed by atoms with van der Waals surface area (Å²) in [7, 11) is 0. The van der Waals surface area contributed by atoms with Gasteiger partial charge in [0.25, 0.3) is 0 Å². The lowest BCUT2D eigenvalue weighted by Crippen LogP contribution is -2.01. The van der Waals surface area contributed by atoms with Crippen molar-refractivity contribution in [3.05, 3.63) is 41.0 Å². The number of aryl methyl sites for hydroxylation is 1. The van der Waals surface area contributed by atoms with Gasteiger partial charge < -0.3 is 0 Å². The highest BCUT2D eigenvalue weighted by atomic mass is 16.1. The summed E-state index contributed by atoms with van der Waals surface area (Å²) in [4.78, 5) is 10.3. The second-order valence-electron chi connectivity index (χ2n) is 4.84. The fourth-order valence-corrected chi connectivity index (χ4v) is 2.62. The zero-order valence-corrected chi connectivity index (χ0v) is 9.94. The van der Waals surface area contributed by atoms with Crippen LogP contribution in [-0.2, 0) is 11.2 Å². The molecule has 0 amide bonds. The molecule has 16 heavy (non-hydrogen) atoms. The van der Waals surface area contributed by atoms with Crippen molar-refractivity contribution in [3.63, 3.8) is 0 Å². The number of fused-ring (bicyclic) bond motifs is 1. The minimum atomic E-state index is 0.720. The van der Waals surface area contributed by atoms with Crippen LogP contribution in [0, 0.1) is 5.92 Å². The summed E-state index contributed by atoms with van der Waals surface area (Å²) in [6, 6.07) is 6.56. The quantitative estimate of drug-likeness (QED) is 0.555. The lowest BCUT2D eigenvalue weighted by atomic mass is 9.90. The van der Waals surface area contributed by atoms with Gasteiger partial charge in [-0.1, -0.05) is 38.1 Å². The molecule has 1 aromatic carbocycles. The molecular weight excluding hydrogens is 196 g/mol. The van der Waals surface area contributed by atoms with E-state index in [2.05, 4.69) is 32.0 Å². The van der Waals surface area contributed by atoms with Gasteiger partial charge >= 0.3 is 0 Å². The van der Waals surface area contributed by atoms with Crippen molar-refractivity contribution in [1.82, 2.24) is 0 Å². The summed E-state index contributed by atoms with van der Waals surface area (Å²) in [5.41, 5.74) is 4.11. The number of carbonyl (C=O) groups excluding carboxylic acids is 1. The van der Waals surface area contributed by atoms with Gasteiger partial charge in [0.15, 0.2) is 0 Å². The Hall–Kier alpha value is -1.37. The Bertz CT molecular complexity index is 415. The summed E-state index contributed by atoms with van der Waals surface area (Å²) in [5, 5.41) is 0. The number of benzene rings is 1. The molecule has 2 rings (SSSR count). The normalized spacial score (nSPS) is 19.3. The molecule has 1 aromatic rings. The van der Waals surface area contributed by atoms with Crippen LogP contribution in [0.2, 0.25) is 0 Å². The number of hydrogen-bond donors (Lipinski definition) is 0. The second-order valence-corrected chi connectivity index (χ2v) is 4.84. The Morgan fingerprint density at radius 3 is 2.88 bits per heavy atom. The number of hydrogen-bond acceptors (Lipinski definition) is 1. The van der Waals surface area contributed by atoms with Crippen LogP contribution >= 0.6 is 0 Å². The number of rotatable bonds is 3. The second kappa shape index (κ2) is 4.65. The van der Waals surface area contributed by atoms with E-state index < -0.39 is 0 Å². The third kappa shape index (κ3) is 2.08. The van der Waals surface area contributed by atoms with E-state index in [0.717, 1.165) is 23.7 Å². The van der Waals surface area contributed by atoms with E-state index in [4.69, 9.17) is 0 Å². The zero-order chi connectivity index (χ0) is 11.5. The van der Waals surface area contributed by atoms with Gasteiger partial charge in [-0.25, -0.2) is 0 Å². The molecule has 0 heterocycles. The first-order valence-corrected chi connectivity index (χ1v) is 5.97. The van der Waals surface area contributed by atoms with E-state index in [1.165, 1.54) is 24.0 Å². The molecule has 0 fully saturated rings. The van der Waals surface area contributed by atoms with E-state index in [1.54, 1.807) is 6.08 Å². The Morgan fingerprint density at radius 1 is 1.38 bits per heavy atom. The molecule has 1 aliphatic rings. The molecule has 0 bridgehead atoms. The third-order valence-electron chi connectivity index (χ3n) is 3.46. The largest absolute Gasteiger partial charge is 0.299 e. The highest BCUT2D eigenvalue weighted by Gasteiger charge is 2.24. The molecule has 0 saturated carbocycles. The Morgan fingerprint density at radius 2 is 2.19 bits per heavy atom. The van der Waals surface area contributed by atoms with Crippen molar-refractivity contribution in [1.29, 1.82) is 0 Å². The summed E-state index contributed by atoms with van der Waals surface area (Å²) in [6.45, 7) is 4.58. The zero-order valence-electron chi connectivity index (χ0n) is 9.94. The van der Waals surface area contributed by atoms with E-state index >= 15 is 0 Å². The first kappa shape index (κ1) is 11.1. The minimum Gasteiger partial charge on any atom is -0.299 e. The van der Waals surface area contributed by atoms with Gasteiger partial charge in [0, 0.05) is 0 Å². The van der Waals surface area contributed by atoms with Gasteiger partial charge in [0.1, 0.15) is 6.29 Å². The maximum Gasteiger partial charge on any atom is 0.142 e. The molecule has 1 aliphatic carbocycles. The maximum atomic E-state index is 10.3.